The maximum atomic E-state index is 14.3. The number of hydrogen-bond donors (Lipinski definition) is 2. The first kappa shape index (κ1) is 20.0. The number of alkyl halides is 1. The molecule has 1 aliphatic rings. The van der Waals surface area contributed by atoms with Gasteiger partial charge in [-0.05, 0) is 30.0 Å². The third kappa shape index (κ3) is 5.86. The molecule has 1 aromatic carbocycles. The van der Waals surface area contributed by atoms with Gasteiger partial charge in [-0.3, -0.25) is 0 Å². The SMILES string of the molecule is CCCC(CC)C(NC(=O)NCC1(F)CCOC1)c1cccc(Cl)c1. The van der Waals surface area contributed by atoms with E-state index in [0.717, 1.165) is 24.8 Å². The first-order valence-corrected chi connectivity index (χ1v) is 9.41. The molecule has 4 nitrogen and oxygen atoms in total. The molecule has 2 N–H and O–H groups in total. The van der Waals surface area contributed by atoms with Crippen LogP contribution in [0.4, 0.5) is 9.18 Å². The number of urea groups is 1. The van der Waals surface area contributed by atoms with E-state index in [1.807, 2.05) is 24.3 Å². The summed E-state index contributed by atoms with van der Waals surface area (Å²) in [6.45, 7) is 4.65. The Kier molecular flexibility index (Phi) is 7.51. The monoisotopic (exact) mass is 370 g/mol. The van der Waals surface area contributed by atoms with Crippen LogP contribution < -0.4 is 10.6 Å². The standard InChI is InChI=1S/C19H28ClFN2O2/c1-3-6-14(4-2)17(15-7-5-8-16(20)11-15)23-18(24)22-12-19(21)9-10-25-13-19/h5,7-8,11,14,17H,3-4,6,9-10,12-13H2,1-2H3,(H2,22,23,24). The third-order valence-corrected chi connectivity index (χ3v) is 5.01. The molecule has 3 atom stereocenters. The fourth-order valence-electron chi connectivity index (χ4n) is 3.30. The van der Waals surface area contributed by atoms with E-state index in [9.17, 15) is 9.18 Å². The highest BCUT2D eigenvalue weighted by Gasteiger charge is 2.35. The molecule has 3 unspecified atom stereocenters. The third-order valence-electron chi connectivity index (χ3n) is 4.77. The Morgan fingerprint density at radius 1 is 1.44 bits per heavy atom. The van der Waals surface area contributed by atoms with Gasteiger partial charge in [0, 0.05) is 18.1 Å². The normalized spacial score (nSPS) is 22.4. The predicted molar refractivity (Wildman–Crippen MR) is 98.7 cm³/mol. The number of carbonyl (C=O) groups is 1. The van der Waals surface area contributed by atoms with E-state index in [-0.39, 0.29) is 25.2 Å². The van der Waals surface area contributed by atoms with Gasteiger partial charge < -0.3 is 15.4 Å². The molecule has 2 amide bonds. The topological polar surface area (TPSA) is 50.4 Å². The van der Waals surface area contributed by atoms with E-state index < -0.39 is 5.67 Å². The Balaban J connectivity index is 2.05. The second kappa shape index (κ2) is 9.39. The zero-order valence-electron chi connectivity index (χ0n) is 15.0. The zero-order valence-corrected chi connectivity index (χ0v) is 15.7. The van der Waals surface area contributed by atoms with Crippen molar-refractivity contribution in [1.29, 1.82) is 0 Å². The average molecular weight is 371 g/mol. The van der Waals surface area contributed by atoms with Gasteiger partial charge in [0.15, 0.2) is 5.67 Å². The molecule has 2 rings (SSSR count). The van der Waals surface area contributed by atoms with Crippen molar-refractivity contribution in [3.63, 3.8) is 0 Å². The quantitative estimate of drug-likeness (QED) is 0.700. The minimum Gasteiger partial charge on any atom is -0.378 e. The molecule has 0 radical (unpaired) electrons. The molecule has 0 saturated carbocycles. The van der Waals surface area contributed by atoms with Gasteiger partial charge in [0.25, 0.3) is 0 Å². The van der Waals surface area contributed by atoms with E-state index in [1.54, 1.807) is 0 Å². The molecule has 1 fully saturated rings. The second-order valence-electron chi connectivity index (χ2n) is 6.77. The summed E-state index contributed by atoms with van der Waals surface area (Å²) in [6.07, 6.45) is 3.28. The number of ether oxygens (including phenoxy) is 1. The molecule has 25 heavy (non-hydrogen) atoms. The fourth-order valence-corrected chi connectivity index (χ4v) is 3.50. The number of nitrogens with one attached hydrogen (secondary N) is 2. The Morgan fingerprint density at radius 2 is 2.24 bits per heavy atom. The molecule has 1 saturated heterocycles. The van der Waals surface area contributed by atoms with Gasteiger partial charge in [0.05, 0.1) is 19.2 Å². The van der Waals surface area contributed by atoms with Crippen LogP contribution in [0.25, 0.3) is 0 Å². The lowest BCUT2D eigenvalue weighted by Gasteiger charge is -2.28. The molecule has 1 aliphatic heterocycles. The lowest BCUT2D eigenvalue weighted by Crippen LogP contribution is -2.46. The minimum atomic E-state index is -1.46. The number of benzene rings is 1. The number of carbonyl (C=O) groups excluding carboxylic acids is 1. The van der Waals surface area contributed by atoms with Crippen molar-refractivity contribution in [3.05, 3.63) is 34.9 Å². The number of amides is 2. The molecular formula is C19H28ClFN2O2. The van der Waals surface area contributed by atoms with Crippen LogP contribution in [-0.2, 0) is 4.74 Å². The summed E-state index contributed by atoms with van der Waals surface area (Å²) in [4.78, 5) is 12.4. The Hall–Kier alpha value is -1.33. The Morgan fingerprint density at radius 3 is 2.84 bits per heavy atom. The van der Waals surface area contributed by atoms with Crippen LogP contribution in [0.15, 0.2) is 24.3 Å². The highest BCUT2D eigenvalue weighted by Crippen LogP contribution is 2.30. The van der Waals surface area contributed by atoms with Crippen molar-refractivity contribution < 1.29 is 13.9 Å². The highest BCUT2D eigenvalue weighted by atomic mass is 35.5. The predicted octanol–water partition coefficient (Wildman–Crippen LogP) is 4.64. The van der Waals surface area contributed by atoms with Crippen molar-refractivity contribution in [2.24, 2.45) is 5.92 Å². The molecule has 1 heterocycles. The van der Waals surface area contributed by atoms with Crippen LogP contribution in [0.1, 0.15) is 51.1 Å². The summed E-state index contributed by atoms with van der Waals surface area (Å²) in [5, 5.41) is 6.32. The maximum Gasteiger partial charge on any atom is 0.315 e. The largest absolute Gasteiger partial charge is 0.378 e. The molecule has 0 bridgehead atoms. The lowest BCUT2D eigenvalue weighted by molar-refractivity contribution is 0.112. The van der Waals surface area contributed by atoms with Crippen molar-refractivity contribution in [3.8, 4) is 0 Å². The van der Waals surface area contributed by atoms with E-state index in [0.29, 0.717) is 24.0 Å². The summed E-state index contributed by atoms with van der Waals surface area (Å²) in [5.41, 5.74) is -0.488. The summed E-state index contributed by atoms with van der Waals surface area (Å²) in [7, 11) is 0. The Labute approximate surface area is 154 Å². The van der Waals surface area contributed by atoms with Crippen LogP contribution in [0.2, 0.25) is 5.02 Å². The fraction of sp³-hybridized carbons (Fsp3) is 0.632. The molecular weight excluding hydrogens is 343 g/mol. The highest BCUT2D eigenvalue weighted by molar-refractivity contribution is 6.30. The lowest BCUT2D eigenvalue weighted by atomic mass is 9.87. The average Bonchev–Trinajstić information content (AvgIpc) is 3.03. The van der Waals surface area contributed by atoms with Gasteiger partial charge in [-0.25, -0.2) is 9.18 Å². The molecule has 0 spiro atoms. The van der Waals surface area contributed by atoms with Crippen molar-refractivity contribution in [2.75, 3.05) is 19.8 Å². The first-order chi connectivity index (χ1) is 12.0. The van der Waals surface area contributed by atoms with E-state index >= 15 is 0 Å². The van der Waals surface area contributed by atoms with Gasteiger partial charge in [0.1, 0.15) is 0 Å². The summed E-state index contributed by atoms with van der Waals surface area (Å²) < 4.78 is 19.4. The summed E-state index contributed by atoms with van der Waals surface area (Å²) in [5.74, 6) is 0.295. The van der Waals surface area contributed by atoms with Gasteiger partial charge in [-0.2, -0.15) is 0 Å². The van der Waals surface area contributed by atoms with Crippen molar-refractivity contribution in [1.82, 2.24) is 10.6 Å². The maximum absolute atomic E-state index is 14.3. The van der Waals surface area contributed by atoms with Crippen molar-refractivity contribution in [2.45, 2.75) is 51.2 Å². The van der Waals surface area contributed by atoms with E-state index in [1.165, 1.54) is 0 Å². The number of halogens is 2. The van der Waals surface area contributed by atoms with Crippen LogP contribution in [0.5, 0.6) is 0 Å². The minimum absolute atomic E-state index is 0.0360. The zero-order chi connectivity index (χ0) is 18.3. The van der Waals surface area contributed by atoms with E-state index in [4.69, 9.17) is 16.3 Å². The molecule has 1 aromatic rings. The summed E-state index contributed by atoms with van der Waals surface area (Å²) >= 11 is 6.12. The first-order valence-electron chi connectivity index (χ1n) is 9.04. The van der Waals surface area contributed by atoms with Crippen molar-refractivity contribution >= 4 is 17.6 Å². The van der Waals surface area contributed by atoms with Gasteiger partial charge in [-0.15, -0.1) is 0 Å². The molecule has 0 aromatic heterocycles. The van der Waals surface area contributed by atoms with Crippen LogP contribution >= 0.6 is 11.6 Å². The summed E-state index contributed by atoms with van der Waals surface area (Å²) in [6, 6.07) is 7.04. The molecule has 6 heteroatoms. The van der Waals surface area contributed by atoms with Gasteiger partial charge >= 0.3 is 6.03 Å². The van der Waals surface area contributed by atoms with E-state index in [2.05, 4.69) is 24.5 Å². The smallest absolute Gasteiger partial charge is 0.315 e. The number of hydrogen-bond acceptors (Lipinski definition) is 2. The molecule has 0 aliphatic carbocycles. The van der Waals surface area contributed by atoms with Crippen LogP contribution in [-0.4, -0.2) is 31.5 Å². The number of rotatable bonds is 8. The molecule has 140 valence electrons. The van der Waals surface area contributed by atoms with Gasteiger partial charge in [-0.1, -0.05) is 50.4 Å². The van der Waals surface area contributed by atoms with Crippen LogP contribution in [0.3, 0.4) is 0 Å². The van der Waals surface area contributed by atoms with Gasteiger partial charge in [0.2, 0.25) is 0 Å². The second-order valence-corrected chi connectivity index (χ2v) is 7.21. The Bertz CT molecular complexity index is 564. The van der Waals surface area contributed by atoms with Crippen LogP contribution in [0, 0.1) is 5.92 Å².